The predicted molar refractivity (Wildman–Crippen MR) is 359 cm³/mol. The van der Waals surface area contributed by atoms with Crippen LogP contribution in [-0.2, 0) is 38.1 Å². The topological polar surface area (TPSA) is 362 Å². The molecule has 0 aromatic heterocycles. The maximum atomic E-state index is 14.6. The first-order valence-corrected chi connectivity index (χ1v) is 33.9. The zero-order valence-electron chi connectivity index (χ0n) is 56.6. The highest BCUT2D eigenvalue weighted by molar-refractivity contribution is 5.96. The van der Waals surface area contributed by atoms with Gasteiger partial charge in [0.05, 0.1) is 86.0 Å². The molecule has 12 N–H and O–H groups in total. The highest BCUT2D eigenvalue weighted by atomic mass is 16.7. The molecule has 5 heterocycles. The van der Waals surface area contributed by atoms with E-state index in [1.54, 1.807) is 122 Å². The Labute approximate surface area is 565 Å². The molecule has 5 aliphatic heterocycles. The van der Waals surface area contributed by atoms with Gasteiger partial charge in [0, 0.05) is 115 Å². The van der Waals surface area contributed by atoms with Crippen LogP contribution in [0, 0.1) is 17.8 Å². The Morgan fingerprint density at radius 2 is 1.22 bits per heavy atom. The van der Waals surface area contributed by atoms with Gasteiger partial charge in [0.2, 0.25) is 11.8 Å². The maximum Gasteiger partial charge on any atom is 0.308 e. The molecule has 536 valence electrons. The van der Waals surface area contributed by atoms with E-state index in [0.717, 1.165) is 18.8 Å². The number of cyclic esters (lactones) is 1. The van der Waals surface area contributed by atoms with Crippen molar-refractivity contribution in [2.75, 3.05) is 85.4 Å². The van der Waals surface area contributed by atoms with Crippen molar-refractivity contribution < 1.29 is 94.0 Å². The summed E-state index contributed by atoms with van der Waals surface area (Å²) >= 11 is 0. The fourth-order valence-corrected chi connectivity index (χ4v) is 12.9. The molecule has 5 aliphatic rings. The largest absolute Gasteiger partial charge is 0.461 e. The number of Topliss-reactive ketones (excluding diaryl/α,β-unsaturated/α-hetero) is 2. The predicted octanol–water partition coefficient (Wildman–Crippen LogP) is 1.84. The van der Waals surface area contributed by atoms with Gasteiger partial charge in [-0.3, -0.25) is 28.9 Å². The summed E-state index contributed by atoms with van der Waals surface area (Å²) < 4.78 is 25.0. The molecule has 4 saturated heterocycles. The number of ketones is 2. The van der Waals surface area contributed by atoms with Gasteiger partial charge in [-0.1, -0.05) is 98.9 Å². The average Bonchev–Trinajstić information content (AvgIpc) is 0.797. The summed E-state index contributed by atoms with van der Waals surface area (Å²) in [5, 5.41) is 120. The third kappa shape index (κ3) is 26.5. The molecule has 4 fully saturated rings. The van der Waals surface area contributed by atoms with Crippen LogP contribution in [0.4, 0.5) is 5.69 Å². The fourth-order valence-electron chi connectivity index (χ4n) is 12.9. The summed E-state index contributed by atoms with van der Waals surface area (Å²) in [6, 6.07) is 5.70. The number of carbonyl (C=O) groups is 5. The van der Waals surface area contributed by atoms with Crippen molar-refractivity contribution in [3.05, 3.63) is 115 Å². The number of aliphatic hydroxyl groups excluding tert-OH is 9. The zero-order valence-corrected chi connectivity index (χ0v) is 56.6. The van der Waals surface area contributed by atoms with Crippen molar-refractivity contribution in [2.24, 2.45) is 17.8 Å². The van der Waals surface area contributed by atoms with Crippen LogP contribution in [0.15, 0.2) is 109 Å². The van der Waals surface area contributed by atoms with E-state index in [-0.39, 0.29) is 56.3 Å². The quantitative estimate of drug-likeness (QED) is 0.0934. The molecule has 0 radical (unpaired) electrons. The third-order valence-corrected chi connectivity index (χ3v) is 18.4. The number of hydrogen-bond acceptors (Lipinski definition) is 23. The van der Waals surface area contributed by atoms with Crippen LogP contribution in [0.1, 0.15) is 108 Å². The molecular formula is C71H108N6O19. The van der Waals surface area contributed by atoms with Crippen LogP contribution in [0.25, 0.3) is 0 Å². The molecule has 0 aliphatic carbocycles. The Kier molecular flexibility index (Phi) is 32.9. The Balaban J connectivity index is 1.22. The van der Waals surface area contributed by atoms with E-state index < -0.39 is 165 Å². The van der Waals surface area contributed by atoms with E-state index in [4.69, 9.17) is 18.9 Å². The number of carbonyl (C=O) groups excluding carboxylic acids is 5. The van der Waals surface area contributed by atoms with Gasteiger partial charge in [-0.2, -0.15) is 0 Å². The second kappa shape index (κ2) is 39.8. The lowest BCUT2D eigenvalue weighted by atomic mass is 9.81. The molecule has 25 heteroatoms. The Morgan fingerprint density at radius 1 is 0.667 bits per heavy atom. The lowest BCUT2D eigenvalue weighted by Gasteiger charge is -2.47. The van der Waals surface area contributed by atoms with Crippen molar-refractivity contribution >= 4 is 35.0 Å². The van der Waals surface area contributed by atoms with Gasteiger partial charge >= 0.3 is 5.97 Å². The summed E-state index contributed by atoms with van der Waals surface area (Å²) in [5.41, 5.74) is 1.30. The molecule has 2 amide bonds. The first-order valence-electron chi connectivity index (χ1n) is 33.9. The molecule has 25 nitrogen and oxygen atoms in total. The number of benzene rings is 1. The second-order valence-electron chi connectivity index (χ2n) is 26.8. The number of piperazine rings is 2. The van der Waals surface area contributed by atoms with E-state index in [9.17, 15) is 75.0 Å². The van der Waals surface area contributed by atoms with E-state index in [0.29, 0.717) is 51.3 Å². The zero-order chi connectivity index (χ0) is 70.1. The summed E-state index contributed by atoms with van der Waals surface area (Å²) in [7, 11) is 5.69. The van der Waals surface area contributed by atoms with Crippen molar-refractivity contribution in [1.29, 1.82) is 0 Å². The van der Waals surface area contributed by atoms with Gasteiger partial charge in [0.1, 0.15) is 24.1 Å². The molecule has 0 spiro atoms. The Hall–Kier alpha value is -5.69. The van der Waals surface area contributed by atoms with Gasteiger partial charge in [0.15, 0.2) is 17.9 Å². The van der Waals surface area contributed by atoms with Gasteiger partial charge < -0.3 is 95.3 Å². The maximum absolute atomic E-state index is 14.6. The summed E-state index contributed by atoms with van der Waals surface area (Å²) in [6.45, 7) is 9.93. The highest BCUT2D eigenvalue weighted by Crippen LogP contribution is 2.39. The fraction of sp³-hybridized carbons (Fsp3) is 0.648. The minimum Gasteiger partial charge on any atom is -0.461 e. The van der Waals surface area contributed by atoms with E-state index in [2.05, 4.69) is 20.4 Å². The Morgan fingerprint density at radius 3 is 1.82 bits per heavy atom. The number of fused-ring (bicyclic) bond motifs is 2. The van der Waals surface area contributed by atoms with Crippen LogP contribution in [0.3, 0.4) is 0 Å². The minimum absolute atomic E-state index is 0.0306. The molecule has 0 saturated carbocycles. The number of aliphatic hydroxyl groups is 10. The molecule has 1 aromatic rings. The first kappa shape index (κ1) is 79.3. The van der Waals surface area contributed by atoms with E-state index >= 15 is 0 Å². The smallest absolute Gasteiger partial charge is 0.308 e. The van der Waals surface area contributed by atoms with Crippen LogP contribution in [-0.4, -0.2) is 278 Å². The number of ether oxygens (including phenoxy) is 4. The monoisotopic (exact) mass is 1350 g/mol. The number of hydrogen-bond donors (Lipinski definition) is 12. The van der Waals surface area contributed by atoms with E-state index in [1.807, 2.05) is 38.9 Å². The standard InChI is InChI=1S/C71H108N6O19/c1-46-19-17-15-13-11-9-7-8-10-12-14-16-18-20-58(94-70-67(90)65(66(89)48(3)93-70)73-62(87)45-76-31-27-74(5)28-32-76)42-61-64(69(91)77-33-29-75(6)30-34-77)60(86)44-71(92,96-61)43-57(84)39-55(82)37-53(80)35-52(79)36-54(81)38-56(83)41-63(88)95-68(46)47(2)21-26-51(78)40-59(85)49-22-24-50(72-4)25-23-49/h7-20,22-25,46-48,51-53,55-58,60-61,64-68,70,72,78-80,82-84,86,89-90,92H,21,26-45H2,1-6H3,(H,73,87)/b8-7+,11-9+,12-10+,15-13+,16-14+,19-17+,20-18+/t46?,47?,48-,51?,52?,53?,55?,56?,57?,58?,60?,61?,64?,65+,66-,67+,68?,70+,71?/m1/s1. The van der Waals surface area contributed by atoms with Gasteiger partial charge in [-0.05, 0) is 83.3 Å². The van der Waals surface area contributed by atoms with Crippen molar-refractivity contribution in [3.8, 4) is 0 Å². The van der Waals surface area contributed by atoms with Crippen molar-refractivity contribution in [1.82, 2.24) is 24.9 Å². The van der Waals surface area contributed by atoms with E-state index in [1.165, 1.54) is 0 Å². The summed E-state index contributed by atoms with van der Waals surface area (Å²) in [6.07, 6.45) is 2.65. The molecule has 6 rings (SSSR count). The molecule has 14 unspecified atom stereocenters. The van der Waals surface area contributed by atoms with Crippen LogP contribution >= 0.6 is 0 Å². The highest BCUT2D eigenvalue weighted by Gasteiger charge is 2.52. The Bertz CT molecular complexity index is 2800. The number of esters is 1. The molecule has 96 heavy (non-hydrogen) atoms. The number of amides is 2. The van der Waals surface area contributed by atoms with Crippen LogP contribution in [0.5, 0.6) is 0 Å². The molecule has 2 bridgehead atoms. The van der Waals surface area contributed by atoms with Gasteiger partial charge in [-0.25, -0.2) is 0 Å². The summed E-state index contributed by atoms with van der Waals surface area (Å²) in [4.78, 5) is 75.4. The van der Waals surface area contributed by atoms with Crippen molar-refractivity contribution in [2.45, 2.75) is 195 Å². The normalized spacial score (nSPS) is 36.2. The lowest BCUT2D eigenvalue weighted by Crippen LogP contribution is -2.65. The van der Waals surface area contributed by atoms with Gasteiger partial charge in [0.25, 0.3) is 0 Å². The van der Waals surface area contributed by atoms with Crippen LogP contribution in [0.2, 0.25) is 0 Å². The number of nitrogens with one attached hydrogen (secondary N) is 2. The van der Waals surface area contributed by atoms with Crippen molar-refractivity contribution in [3.63, 3.8) is 0 Å². The average molecular weight is 1350 g/mol. The second-order valence-corrected chi connectivity index (χ2v) is 26.8. The molecular weight excluding hydrogens is 1240 g/mol. The summed E-state index contributed by atoms with van der Waals surface area (Å²) in [5.74, 6) is -6.79. The lowest BCUT2D eigenvalue weighted by molar-refractivity contribution is -0.308. The van der Waals surface area contributed by atoms with Crippen LogP contribution < -0.4 is 10.6 Å². The number of anilines is 1. The molecule has 19 atom stereocenters. The molecule has 1 aromatic carbocycles. The number of rotatable bonds is 14. The van der Waals surface area contributed by atoms with Gasteiger partial charge in [-0.15, -0.1) is 0 Å². The number of likely N-dealkylation sites (N-methyl/N-ethyl adjacent to an activating group) is 2. The number of nitrogens with zero attached hydrogens (tertiary/aromatic N) is 4. The first-order chi connectivity index (χ1) is 45.7. The minimum atomic E-state index is -2.31. The SMILES string of the molecule is CNc1ccc(C(=O)CC(O)CCC(C)C2OC(=O)CC(O)CC(=O)CC(O)CC(O)CC(O)CC(O)CC3(O)CC(O)C(C(=O)N4CCN(C)CC4)C(CC(O[C@@H]4O[C@H](C)[C@@H](O)[C@H](NC(=O)CN5CCN(C)CC5)[C@@H]4O)/C=C/C=C/C=C/C=C/C=C/C=C/C=C/C2C)O3)cc1. The number of allylic oxidation sites excluding steroid dienone is 12. The third-order valence-electron chi connectivity index (χ3n) is 18.4.